The summed E-state index contributed by atoms with van der Waals surface area (Å²) in [5.41, 5.74) is 6.24. The molecule has 1 saturated heterocycles. The van der Waals surface area contributed by atoms with E-state index in [2.05, 4.69) is 0 Å². The summed E-state index contributed by atoms with van der Waals surface area (Å²) in [4.78, 5) is 10.3. The molecular formula is C16H23N3O4S. The first-order chi connectivity index (χ1) is 11.4. The van der Waals surface area contributed by atoms with E-state index in [1.54, 1.807) is 0 Å². The lowest BCUT2D eigenvalue weighted by atomic mass is 9.77. The molecule has 132 valence electrons. The van der Waals surface area contributed by atoms with Crippen LogP contribution in [0.1, 0.15) is 32.1 Å². The molecule has 0 aromatic heterocycles. The summed E-state index contributed by atoms with van der Waals surface area (Å²) in [6, 6.07) is 5.17. The molecule has 2 unspecified atom stereocenters. The number of nitro groups is 1. The molecule has 2 atom stereocenters. The Hall–Kier alpha value is -1.51. The Bertz CT molecular complexity index is 689. The third-order valence-electron chi connectivity index (χ3n) is 5.30. The average Bonchev–Trinajstić information content (AvgIpc) is 2.57. The number of sulfonamides is 1. The van der Waals surface area contributed by atoms with Crippen LogP contribution >= 0.6 is 0 Å². The quantitative estimate of drug-likeness (QED) is 0.662. The lowest BCUT2D eigenvalue weighted by Crippen LogP contribution is -2.55. The third kappa shape index (κ3) is 3.31. The molecule has 1 heterocycles. The largest absolute Gasteiger partial charge is 0.327 e. The van der Waals surface area contributed by atoms with Crippen molar-refractivity contribution in [3.05, 3.63) is 34.4 Å². The predicted molar refractivity (Wildman–Crippen MR) is 89.9 cm³/mol. The van der Waals surface area contributed by atoms with E-state index in [4.69, 9.17) is 5.73 Å². The number of benzene rings is 1. The van der Waals surface area contributed by atoms with Crippen molar-refractivity contribution >= 4 is 15.7 Å². The SMILES string of the molecule is NC1C2CCCCCC1CN(S(=O)(=O)c1ccc([N+](=O)[O-])cc1)C2. The summed E-state index contributed by atoms with van der Waals surface area (Å²) in [5.74, 6) is 0.383. The molecule has 1 aromatic carbocycles. The van der Waals surface area contributed by atoms with Gasteiger partial charge in [0.1, 0.15) is 0 Å². The number of fused-ring (bicyclic) bond motifs is 2. The van der Waals surface area contributed by atoms with Crippen LogP contribution in [0.15, 0.2) is 29.2 Å². The summed E-state index contributed by atoms with van der Waals surface area (Å²) in [7, 11) is -3.64. The van der Waals surface area contributed by atoms with Crippen molar-refractivity contribution in [3.8, 4) is 0 Å². The van der Waals surface area contributed by atoms with Gasteiger partial charge in [0.15, 0.2) is 0 Å². The first-order valence-electron chi connectivity index (χ1n) is 8.40. The summed E-state index contributed by atoms with van der Waals surface area (Å²) in [6.07, 6.45) is 5.30. The van der Waals surface area contributed by atoms with Crippen molar-refractivity contribution in [1.29, 1.82) is 0 Å². The van der Waals surface area contributed by atoms with E-state index in [9.17, 15) is 18.5 Å². The predicted octanol–water partition coefficient (Wildman–Crippen LogP) is 2.12. The second-order valence-electron chi connectivity index (χ2n) is 6.81. The molecular weight excluding hydrogens is 330 g/mol. The molecule has 2 fully saturated rings. The fraction of sp³-hybridized carbons (Fsp3) is 0.625. The number of non-ortho nitro benzene ring substituents is 1. The molecule has 1 aromatic rings. The molecule has 0 radical (unpaired) electrons. The molecule has 1 aliphatic heterocycles. The van der Waals surface area contributed by atoms with Crippen LogP contribution in [0.4, 0.5) is 5.69 Å². The number of nitrogens with two attached hydrogens (primary N) is 1. The van der Waals surface area contributed by atoms with Gasteiger partial charge in [-0.25, -0.2) is 8.42 Å². The van der Waals surface area contributed by atoms with Crippen molar-refractivity contribution in [3.63, 3.8) is 0 Å². The maximum Gasteiger partial charge on any atom is 0.269 e. The van der Waals surface area contributed by atoms with Crippen LogP contribution in [0.5, 0.6) is 0 Å². The fourth-order valence-electron chi connectivity index (χ4n) is 3.87. The van der Waals surface area contributed by atoms with Gasteiger partial charge in [-0.2, -0.15) is 4.31 Å². The van der Waals surface area contributed by atoms with Gasteiger partial charge in [0.2, 0.25) is 10.0 Å². The summed E-state index contributed by atoms with van der Waals surface area (Å²) in [5, 5.41) is 10.7. The lowest BCUT2D eigenvalue weighted by Gasteiger charge is -2.43. The average molecular weight is 353 g/mol. The summed E-state index contributed by atoms with van der Waals surface area (Å²) in [6.45, 7) is 0.883. The highest BCUT2D eigenvalue weighted by atomic mass is 32.2. The molecule has 2 aliphatic rings. The van der Waals surface area contributed by atoms with Gasteiger partial charge >= 0.3 is 0 Å². The summed E-state index contributed by atoms with van der Waals surface area (Å²) >= 11 is 0. The first kappa shape index (κ1) is 17.3. The smallest absolute Gasteiger partial charge is 0.269 e. The second-order valence-corrected chi connectivity index (χ2v) is 8.75. The molecule has 24 heavy (non-hydrogen) atoms. The van der Waals surface area contributed by atoms with E-state index in [0.29, 0.717) is 13.1 Å². The Kier molecular flexibility index (Phi) is 4.89. The van der Waals surface area contributed by atoms with Gasteiger partial charge < -0.3 is 5.73 Å². The van der Waals surface area contributed by atoms with E-state index in [1.807, 2.05) is 0 Å². The molecule has 8 heteroatoms. The fourth-order valence-corrected chi connectivity index (χ4v) is 5.42. The van der Waals surface area contributed by atoms with E-state index in [0.717, 1.165) is 25.7 Å². The van der Waals surface area contributed by atoms with Crippen molar-refractivity contribution in [2.75, 3.05) is 13.1 Å². The van der Waals surface area contributed by atoms with Crippen LogP contribution in [0.25, 0.3) is 0 Å². The zero-order valence-corrected chi connectivity index (χ0v) is 14.3. The molecule has 0 spiro atoms. The number of rotatable bonds is 3. The van der Waals surface area contributed by atoms with E-state index in [-0.39, 0.29) is 28.5 Å². The maximum atomic E-state index is 12.9. The zero-order valence-electron chi connectivity index (χ0n) is 13.5. The highest BCUT2D eigenvalue weighted by Crippen LogP contribution is 2.34. The van der Waals surface area contributed by atoms with Gasteiger partial charge in [0.05, 0.1) is 9.82 Å². The highest BCUT2D eigenvalue weighted by Gasteiger charge is 2.39. The number of hydrogen-bond acceptors (Lipinski definition) is 5. The second kappa shape index (κ2) is 6.78. The van der Waals surface area contributed by atoms with Gasteiger partial charge in [-0.05, 0) is 36.8 Å². The molecule has 3 rings (SSSR count). The highest BCUT2D eigenvalue weighted by molar-refractivity contribution is 7.89. The lowest BCUT2D eigenvalue weighted by molar-refractivity contribution is -0.384. The van der Waals surface area contributed by atoms with Crippen LogP contribution in [0.2, 0.25) is 0 Å². The van der Waals surface area contributed by atoms with Crippen LogP contribution in [0.3, 0.4) is 0 Å². The Labute approximate surface area is 142 Å². The minimum Gasteiger partial charge on any atom is -0.327 e. The number of piperidine rings is 1. The van der Waals surface area contributed by atoms with E-state index < -0.39 is 14.9 Å². The van der Waals surface area contributed by atoms with Crippen molar-refractivity contribution in [2.45, 2.75) is 43.0 Å². The Balaban J connectivity index is 1.85. The Morgan fingerprint density at radius 3 is 2.08 bits per heavy atom. The normalized spacial score (nSPS) is 28.8. The minimum absolute atomic E-state index is 0.0635. The topological polar surface area (TPSA) is 107 Å². The summed E-state index contributed by atoms with van der Waals surface area (Å²) < 4.78 is 27.4. The van der Waals surface area contributed by atoms with Crippen molar-refractivity contribution in [2.24, 2.45) is 17.6 Å². The van der Waals surface area contributed by atoms with E-state index in [1.165, 1.54) is 35.0 Å². The molecule has 1 saturated carbocycles. The molecule has 2 bridgehead atoms. The standard InChI is InChI=1S/C16H23N3O4S/c17-16-12-4-2-1-3-5-13(16)11-18(10-12)24(22,23)15-8-6-14(7-9-15)19(20)21/h6-9,12-13,16H,1-5,10-11,17H2. The van der Waals surface area contributed by atoms with Gasteiger partial charge in [0.25, 0.3) is 5.69 Å². The number of nitro benzene ring substituents is 1. The number of hydrogen-bond donors (Lipinski definition) is 1. The third-order valence-corrected chi connectivity index (χ3v) is 7.15. The molecule has 2 N–H and O–H groups in total. The van der Waals surface area contributed by atoms with Crippen molar-refractivity contribution in [1.82, 2.24) is 4.31 Å². The van der Waals surface area contributed by atoms with Gasteiger partial charge in [0, 0.05) is 31.3 Å². The Morgan fingerprint density at radius 1 is 1.04 bits per heavy atom. The van der Waals surface area contributed by atoms with Crippen LogP contribution < -0.4 is 5.73 Å². The maximum absolute atomic E-state index is 12.9. The van der Waals surface area contributed by atoms with E-state index >= 15 is 0 Å². The monoisotopic (exact) mass is 353 g/mol. The minimum atomic E-state index is -3.64. The number of nitrogens with zero attached hydrogens (tertiary/aromatic N) is 2. The van der Waals surface area contributed by atoms with Crippen LogP contribution in [-0.2, 0) is 10.0 Å². The molecule has 7 nitrogen and oxygen atoms in total. The van der Waals surface area contributed by atoms with Crippen LogP contribution in [0, 0.1) is 22.0 Å². The van der Waals surface area contributed by atoms with Gasteiger partial charge in [-0.15, -0.1) is 0 Å². The Morgan fingerprint density at radius 2 is 1.58 bits per heavy atom. The van der Waals surface area contributed by atoms with Gasteiger partial charge in [-0.1, -0.05) is 19.3 Å². The van der Waals surface area contributed by atoms with Crippen LogP contribution in [-0.4, -0.2) is 36.8 Å². The zero-order chi connectivity index (χ0) is 17.3. The molecule has 1 aliphatic carbocycles. The first-order valence-corrected chi connectivity index (χ1v) is 9.84. The molecule has 0 amide bonds. The van der Waals surface area contributed by atoms with Gasteiger partial charge in [-0.3, -0.25) is 10.1 Å². The van der Waals surface area contributed by atoms with Crippen molar-refractivity contribution < 1.29 is 13.3 Å².